The van der Waals surface area contributed by atoms with Crippen molar-refractivity contribution in [1.29, 1.82) is 0 Å². The Bertz CT molecular complexity index is 884. The Morgan fingerprint density at radius 3 is 2.44 bits per heavy atom. The fourth-order valence-electron chi connectivity index (χ4n) is 2.51. The van der Waals surface area contributed by atoms with Crippen LogP contribution in [0.25, 0.3) is 0 Å². The molecule has 2 heterocycles. The van der Waals surface area contributed by atoms with Gasteiger partial charge in [0, 0.05) is 18.4 Å². The van der Waals surface area contributed by atoms with Gasteiger partial charge in [0.1, 0.15) is 11.5 Å². The van der Waals surface area contributed by atoms with Gasteiger partial charge in [-0.15, -0.1) is 0 Å². The maximum absolute atomic E-state index is 12.0. The molecule has 6 unspecified atom stereocenters. The highest BCUT2D eigenvalue weighted by Gasteiger charge is 2.43. The largest absolute Gasteiger partial charge is 0.490 e. The van der Waals surface area contributed by atoms with Gasteiger partial charge in [0.05, 0.1) is 12.7 Å². The molecule has 1 saturated heterocycles. The number of phosphoric ester groups is 1. The summed E-state index contributed by atoms with van der Waals surface area (Å²) in [5.74, 6) is 0. The second kappa shape index (κ2) is 12.8. The minimum atomic E-state index is -5.59. The number of pyridine rings is 1. The molecule has 1 aromatic heterocycles. The molecule has 20 heteroatoms. The van der Waals surface area contributed by atoms with Crippen LogP contribution in [0.1, 0.15) is 17.4 Å². The Morgan fingerprint density at radius 2 is 1.88 bits per heavy atom. The van der Waals surface area contributed by atoms with Crippen molar-refractivity contribution in [2.75, 3.05) is 12.9 Å². The first-order valence-electron chi connectivity index (χ1n) is 8.46. The van der Waals surface area contributed by atoms with E-state index in [4.69, 9.17) is 23.8 Å². The summed E-state index contributed by atoms with van der Waals surface area (Å²) in [6, 6.07) is 3.21. The summed E-state index contributed by atoms with van der Waals surface area (Å²) < 4.78 is 58.2. The van der Waals surface area contributed by atoms with Crippen LogP contribution in [0.2, 0.25) is 0 Å². The molecule has 1 fully saturated rings. The van der Waals surface area contributed by atoms with Gasteiger partial charge < -0.3 is 29.0 Å². The summed E-state index contributed by atoms with van der Waals surface area (Å²) in [4.78, 5) is 40.1. The van der Waals surface area contributed by atoms with E-state index < -0.39 is 47.7 Å². The molecule has 0 saturated carbocycles. The zero-order chi connectivity index (χ0) is 24.0. The normalized spacial score (nSPS) is 26.2. The van der Waals surface area contributed by atoms with E-state index >= 15 is 0 Å². The molecule has 1 aliphatic rings. The third-order valence-electron chi connectivity index (χ3n) is 3.65. The van der Waals surface area contributed by atoms with Crippen molar-refractivity contribution in [3.8, 4) is 0 Å². The van der Waals surface area contributed by atoms with Gasteiger partial charge in [-0.1, -0.05) is 21.6 Å². The summed E-state index contributed by atoms with van der Waals surface area (Å²) in [7, 11) is -13.4. The molecule has 1 radical (unpaired) electrons. The van der Waals surface area contributed by atoms with E-state index in [9.17, 15) is 23.5 Å². The van der Waals surface area contributed by atoms with Gasteiger partial charge in [-0.25, -0.2) is 13.7 Å². The molecule has 13 nitrogen and oxygen atoms in total. The predicted octanol–water partition coefficient (Wildman–Crippen LogP) is 2.99. The zero-order valence-corrected chi connectivity index (χ0v) is 22.6. The molecule has 6 atom stereocenters. The lowest BCUT2D eigenvalue weighted by Gasteiger charge is -2.25. The minimum absolute atomic E-state index is 0.354. The van der Waals surface area contributed by atoms with Crippen molar-refractivity contribution in [3.05, 3.63) is 30.1 Å². The Balaban J connectivity index is 2.05. The SMILES string of the molecule is CSSC(OC1CC([B]I)OC1COP(=O)(O)OP(=O)(O)OP(=O)(O)O)c1ccncc1. The maximum Gasteiger partial charge on any atom is 0.490 e. The van der Waals surface area contributed by atoms with E-state index in [0.717, 1.165) is 5.56 Å². The first kappa shape index (κ1) is 29.2. The van der Waals surface area contributed by atoms with Crippen molar-refractivity contribution in [1.82, 2.24) is 4.98 Å². The van der Waals surface area contributed by atoms with E-state index in [1.54, 1.807) is 29.7 Å². The van der Waals surface area contributed by atoms with E-state index in [-0.39, 0.29) is 6.00 Å². The molecular formula is C12H19BINO12P3S2. The number of phosphoric acid groups is 3. The predicted molar refractivity (Wildman–Crippen MR) is 126 cm³/mol. The number of ether oxygens (including phenoxy) is 2. The van der Waals surface area contributed by atoms with Gasteiger partial charge in [0.2, 0.25) is 5.14 Å². The molecule has 1 aromatic rings. The highest BCUT2D eigenvalue weighted by molar-refractivity contribution is 14.1. The van der Waals surface area contributed by atoms with E-state index in [1.165, 1.54) is 21.6 Å². The van der Waals surface area contributed by atoms with Crippen LogP contribution < -0.4 is 0 Å². The van der Waals surface area contributed by atoms with Gasteiger partial charge in [-0.3, -0.25) is 9.51 Å². The summed E-state index contributed by atoms with van der Waals surface area (Å²) in [5.41, 5.74) is 0.427. The van der Waals surface area contributed by atoms with E-state index in [2.05, 4.69) is 13.6 Å². The molecule has 2 rings (SSSR count). The number of halogens is 1. The molecule has 1 aliphatic heterocycles. The summed E-state index contributed by atoms with van der Waals surface area (Å²) in [6.07, 6.45) is 4.07. The van der Waals surface area contributed by atoms with Crippen LogP contribution in [-0.2, 0) is 36.3 Å². The monoisotopic (exact) mass is 664 g/mol. The van der Waals surface area contributed by atoms with E-state index in [1.807, 2.05) is 28.6 Å². The summed E-state index contributed by atoms with van der Waals surface area (Å²) in [5, 5.41) is 1.74. The van der Waals surface area contributed by atoms with Crippen LogP contribution in [0.15, 0.2) is 24.5 Å². The molecule has 32 heavy (non-hydrogen) atoms. The molecule has 181 valence electrons. The van der Waals surface area contributed by atoms with Crippen LogP contribution in [-0.4, -0.2) is 60.8 Å². The Kier molecular flexibility index (Phi) is 11.7. The lowest BCUT2D eigenvalue weighted by atomic mass is 9.96. The fourth-order valence-corrected chi connectivity index (χ4v) is 7.63. The zero-order valence-electron chi connectivity index (χ0n) is 16.1. The van der Waals surface area contributed by atoms with Crippen molar-refractivity contribution in [2.45, 2.75) is 30.1 Å². The van der Waals surface area contributed by atoms with Crippen LogP contribution in [0, 0.1) is 0 Å². The number of nitrogens with zero attached hydrogens (tertiary/aromatic N) is 1. The van der Waals surface area contributed by atoms with E-state index in [0.29, 0.717) is 6.42 Å². The second-order valence-corrected chi connectivity index (χ2v) is 13.7. The average molecular weight is 664 g/mol. The highest BCUT2D eigenvalue weighted by Crippen LogP contribution is 2.66. The lowest BCUT2D eigenvalue weighted by molar-refractivity contribution is -0.0447. The third-order valence-corrected chi connectivity index (χ3v) is 10.1. The van der Waals surface area contributed by atoms with Gasteiger partial charge in [-0.2, -0.15) is 31.0 Å². The van der Waals surface area contributed by atoms with Crippen molar-refractivity contribution >= 4 is 72.6 Å². The standard InChI is InChI=1S/C12H19BINO12P3S2/c1-31-32-12(8-2-4-15-5-3-8)25-9-6-11(13-14)24-10(9)7-23-29(19,20)27-30(21,22)26-28(16,17)18/h2-5,9-12H,6-7H2,1H3,(H,19,20)(H,21,22)(H2,16,17,18). The minimum Gasteiger partial charge on any atom is -0.378 e. The number of hydrogen-bond donors (Lipinski definition) is 4. The number of rotatable bonds is 13. The molecule has 0 bridgehead atoms. The van der Waals surface area contributed by atoms with Gasteiger partial charge in [0.25, 0.3) is 0 Å². The fraction of sp³-hybridized carbons (Fsp3) is 0.583. The van der Waals surface area contributed by atoms with Gasteiger partial charge in [-0.05, 0) is 30.4 Å². The second-order valence-electron chi connectivity index (χ2n) is 6.01. The van der Waals surface area contributed by atoms with Gasteiger partial charge >= 0.3 is 23.5 Å². The Labute approximate surface area is 205 Å². The van der Waals surface area contributed by atoms with Crippen LogP contribution in [0.5, 0.6) is 0 Å². The smallest absolute Gasteiger partial charge is 0.378 e. The molecule has 4 N–H and O–H groups in total. The quantitative estimate of drug-likeness (QED) is 0.0791. The molecule has 0 spiro atoms. The molecule has 0 aromatic carbocycles. The van der Waals surface area contributed by atoms with Crippen molar-refractivity contribution < 1.29 is 55.9 Å². The first-order valence-corrected chi connectivity index (χ1v) is 16.8. The maximum atomic E-state index is 12.0. The molecular weight excluding hydrogens is 645 g/mol. The molecule has 0 aliphatic carbocycles. The number of hydrogen-bond acceptors (Lipinski definition) is 11. The van der Waals surface area contributed by atoms with Crippen molar-refractivity contribution in [2.24, 2.45) is 0 Å². The average Bonchev–Trinajstić information content (AvgIpc) is 3.06. The van der Waals surface area contributed by atoms with Gasteiger partial charge in [0.15, 0.2) is 0 Å². The Morgan fingerprint density at radius 1 is 1.22 bits per heavy atom. The van der Waals surface area contributed by atoms with Crippen molar-refractivity contribution in [3.63, 3.8) is 0 Å². The van der Waals surface area contributed by atoms with Crippen LogP contribution >= 0.6 is 67.4 Å². The summed E-state index contributed by atoms with van der Waals surface area (Å²) in [6.45, 7) is -0.581. The summed E-state index contributed by atoms with van der Waals surface area (Å²) >= 11 is 1.99. The van der Waals surface area contributed by atoms with Crippen LogP contribution in [0.3, 0.4) is 0 Å². The molecule has 0 amide bonds. The first-order chi connectivity index (χ1) is 14.8. The number of aromatic nitrogens is 1. The topological polar surface area (TPSA) is 191 Å². The lowest BCUT2D eigenvalue weighted by Crippen LogP contribution is -2.29. The van der Waals surface area contributed by atoms with Crippen LogP contribution in [0.4, 0.5) is 0 Å². The Hall–Kier alpha value is 0.975. The third kappa shape index (κ3) is 10.3. The highest BCUT2D eigenvalue weighted by atomic mass is 127.